The highest BCUT2D eigenvalue weighted by atomic mass is 16.7. The fourth-order valence-corrected chi connectivity index (χ4v) is 2.08. The van der Waals surface area contributed by atoms with E-state index in [1.165, 1.54) is 5.56 Å². The number of hydrogen-bond donors (Lipinski definition) is 0. The van der Waals surface area contributed by atoms with Gasteiger partial charge in [0.25, 0.3) is 0 Å². The second kappa shape index (κ2) is 6.46. The van der Waals surface area contributed by atoms with E-state index in [1.807, 2.05) is 55.5 Å². The van der Waals surface area contributed by atoms with Crippen LogP contribution >= 0.6 is 0 Å². The van der Waals surface area contributed by atoms with Gasteiger partial charge in [0, 0.05) is 5.56 Å². The molecule has 0 aliphatic carbocycles. The fraction of sp³-hybridized carbons (Fsp3) is 0.235. The van der Waals surface area contributed by atoms with E-state index in [-0.39, 0.29) is 6.29 Å². The van der Waals surface area contributed by atoms with Gasteiger partial charge in [-0.05, 0) is 25.1 Å². The zero-order valence-corrected chi connectivity index (χ0v) is 11.8. The lowest BCUT2D eigenvalue weighted by molar-refractivity contribution is -0.0436. The van der Waals surface area contributed by atoms with Crippen molar-refractivity contribution in [3.8, 4) is 0 Å². The van der Waals surface area contributed by atoms with Crippen LogP contribution in [0.4, 0.5) is 11.4 Å². The Morgan fingerprint density at radius 1 is 0.952 bits per heavy atom. The summed E-state index contributed by atoms with van der Waals surface area (Å²) in [7, 11) is 0. The summed E-state index contributed by atoms with van der Waals surface area (Å²) in [4.78, 5) is 8.50. The second-order valence-electron chi connectivity index (χ2n) is 4.79. The molecule has 1 fully saturated rings. The molecule has 0 atom stereocenters. The molecule has 2 aromatic rings. The molecular formula is C17H16N2O2. The molecule has 4 heteroatoms. The monoisotopic (exact) mass is 280 g/mol. The molecule has 1 heterocycles. The molecule has 0 saturated carbocycles. The van der Waals surface area contributed by atoms with Crippen molar-refractivity contribution in [3.05, 3.63) is 59.7 Å². The molecule has 0 radical (unpaired) electrons. The van der Waals surface area contributed by atoms with Crippen LogP contribution in [0.25, 0.3) is 0 Å². The van der Waals surface area contributed by atoms with Crippen molar-refractivity contribution in [1.29, 1.82) is 0 Å². The normalized spacial score (nSPS) is 14.7. The zero-order valence-electron chi connectivity index (χ0n) is 11.8. The predicted molar refractivity (Wildman–Crippen MR) is 81.4 cm³/mol. The predicted octanol–water partition coefficient (Wildman–Crippen LogP) is 4.18. The summed E-state index contributed by atoms with van der Waals surface area (Å²) in [6, 6.07) is 18.3. The summed E-state index contributed by atoms with van der Waals surface area (Å²) >= 11 is 0. The van der Waals surface area contributed by atoms with E-state index in [4.69, 9.17) is 9.47 Å². The molecule has 2 aromatic carbocycles. The molecule has 0 N–H and O–H groups in total. The summed E-state index contributed by atoms with van der Waals surface area (Å²) in [5.41, 5.74) is 3.70. The van der Waals surface area contributed by atoms with Crippen molar-refractivity contribution in [2.75, 3.05) is 13.2 Å². The highest BCUT2D eigenvalue weighted by Gasteiger charge is 2.20. The highest BCUT2D eigenvalue weighted by molar-refractivity contribution is 5.60. The number of rotatable bonds is 3. The highest BCUT2D eigenvalue weighted by Crippen LogP contribution is 2.30. The van der Waals surface area contributed by atoms with Gasteiger partial charge in [0.2, 0.25) is 0 Å². The van der Waals surface area contributed by atoms with Crippen LogP contribution in [0.5, 0.6) is 0 Å². The summed E-state index contributed by atoms with van der Waals surface area (Å²) in [5.74, 6) is 0. The largest absolute Gasteiger partial charge is 0.346 e. The number of hydrogen-bond acceptors (Lipinski definition) is 4. The Labute approximate surface area is 123 Å². The van der Waals surface area contributed by atoms with E-state index in [2.05, 4.69) is 16.0 Å². The Bertz CT molecular complexity index is 667. The van der Waals surface area contributed by atoms with Crippen molar-refractivity contribution >= 4 is 17.4 Å². The van der Waals surface area contributed by atoms with E-state index in [1.54, 1.807) is 0 Å². The van der Waals surface area contributed by atoms with Crippen LogP contribution in [-0.2, 0) is 9.47 Å². The summed E-state index contributed by atoms with van der Waals surface area (Å²) in [6.07, 6.45) is -0.342. The number of para-hydroxylation sites is 1. The van der Waals surface area contributed by atoms with Gasteiger partial charge in [-0.25, -0.2) is 0 Å². The van der Waals surface area contributed by atoms with Gasteiger partial charge in [-0.2, -0.15) is 9.98 Å². The van der Waals surface area contributed by atoms with Crippen molar-refractivity contribution in [1.82, 2.24) is 0 Å². The molecule has 1 saturated heterocycles. The minimum atomic E-state index is -0.342. The van der Waals surface area contributed by atoms with Crippen molar-refractivity contribution < 1.29 is 9.47 Å². The number of aryl methyl sites for hydroxylation is 1. The lowest BCUT2D eigenvalue weighted by atomic mass is 10.2. The summed E-state index contributed by atoms with van der Waals surface area (Å²) < 4.78 is 11.0. The zero-order chi connectivity index (χ0) is 14.5. The summed E-state index contributed by atoms with van der Waals surface area (Å²) in [5, 5.41) is 0. The Balaban J connectivity index is 1.83. The molecule has 4 nitrogen and oxygen atoms in total. The molecule has 1 aliphatic heterocycles. The average molecular weight is 280 g/mol. The first kappa shape index (κ1) is 13.7. The number of nitrogens with zero attached hydrogens (tertiary/aromatic N) is 2. The quantitative estimate of drug-likeness (QED) is 0.792. The van der Waals surface area contributed by atoms with Crippen molar-refractivity contribution in [2.45, 2.75) is 13.2 Å². The molecule has 21 heavy (non-hydrogen) atoms. The fourth-order valence-electron chi connectivity index (χ4n) is 2.08. The van der Waals surface area contributed by atoms with Gasteiger partial charge in [-0.15, -0.1) is 0 Å². The number of benzene rings is 2. The van der Waals surface area contributed by atoms with E-state index in [9.17, 15) is 0 Å². The van der Waals surface area contributed by atoms with E-state index in [0.717, 1.165) is 16.9 Å². The van der Waals surface area contributed by atoms with Crippen LogP contribution < -0.4 is 0 Å². The topological polar surface area (TPSA) is 43.2 Å². The van der Waals surface area contributed by atoms with Crippen LogP contribution in [0.2, 0.25) is 0 Å². The first-order valence-electron chi connectivity index (χ1n) is 6.88. The molecule has 0 aromatic heterocycles. The molecular weight excluding hydrogens is 264 g/mol. The van der Waals surface area contributed by atoms with Gasteiger partial charge in [0.15, 0.2) is 6.29 Å². The van der Waals surface area contributed by atoms with Crippen LogP contribution in [0, 0.1) is 6.92 Å². The Kier molecular flexibility index (Phi) is 4.22. The SMILES string of the molecule is Cc1ccc(N=C=Nc2ccccc2C2OCCO2)cc1. The van der Waals surface area contributed by atoms with Gasteiger partial charge < -0.3 is 9.47 Å². The first-order chi connectivity index (χ1) is 10.3. The molecule has 1 aliphatic rings. The standard InChI is InChI=1S/C17H16N2O2/c1-13-6-8-14(9-7-13)18-12-19-16-5-3-2-4-15(16)17-20-10-11-21-17/h2-9,17H,10-11H2,1H3. The molecule has 0 bridgehead atoms. The number of ether oxygens (including phenoxy) is 2. The molecule has 0 unspecified atom stereocenters. The maximum Gasteiger partial charge on any atom is 0.186 e. The lowest BCUT2D eigenvalue weighted by Crippen LogP contribution is -1.97. The van der Waals surface area contributed by atoms with Gasteiger partial charge >= 0.3 is 0 Å². The summed E-state index contributed by atoms with van der Waals surface area (Å²) in [6.45, 7) is 3.26. The third-order valence-electron chi connectivity index (χ3n) is 3.20. The van der Waals surface area contributed by atoms with E-state index < -0.39 is 0 Å². The van der Waals surface area contributed by atoms with E-state index >= 15 is 0 Å². The molecule has 0 spiro atoms. The van der Waals surface area contributed by atoms with Gasteiger partial charge in [0.1, 0.15) is 6.01 Å². The van der Waals surface area contributed by atoms with E-state index in [0.29, 0.717) is 13.2 Å². The van der Waals surface area contributed by atoms with Gasteiger partial charge in [-0.1, -0.05) is 35.9 Å². The van der Waals surface area contributed by atoms with Crippen LogP contribution in [0.15, 0.2) is 58.5 Å². The van der Waals surface area contributed by atoms with Crippen molar-refractivity contribution in [2.24, 2.45) is 9.98 Å². The maximum absolute atomic E-state index is 5.52. The minimum absolute atomic E-state index is 0.342. The lowest BCUT2D eigenvalue weighted by Gasteiger charge is -2.10. The first-order valence-corrected chi connectivity index (χ1v) is 6.88. The molecule has 3 rings (SSSR count). The molecule has 106 valence electrons. The van der Waals surface area contributed by atoms with Crippen LogP contribution in [-0.4, -0.2) is 19.2 Å². The van der Waals surface area contributed by atoms with Crippen LogP contribution in [0.3, 0.4) is 0 Å². The third-order valence-corrected chi connectivity index (χ3v) is 3.20. The van der Waals surface area contributed by atoms with Crippen molar-refractivity contribution in [3.63, 3.8) is 0 Å². The second-order valence-corrected chi connectivity index (χ2v) is 4.79. The third kappa shape index (κ3) is 3.44. The van der Waals surface area contributed by atoms with Crippen LogP contribution in [0.1, 0.15) is 17.4 Å². The van der Waals surface area contributed by atoms with Gasteiger partial charge in [-0.3, -0.25) is 0 Å². The molecule has 0 amide bonds. The minimum Gasteiger partial charge on any atom is -0.346 e. The Morgan fingerprint density at radius 3 is 2.43 bits per heavy atom. The average Bonchev–Trinajstić information content (AvgIpc) is 3.04. The smallest absolute Gasteiger partial charge is 0.186 e. The number of aliphatic imine (C=N–C) groups is 2. The van der Waals surface area contributed by atoms with Gasteiger partial charge in [0.05, 0.1) is 24.6 Å². The Hall–Kier alpha value is -2.26. The maximum atomic E-state index is 5.52. The Morgan fingerprint density at radius 2 is 1.67 bits per heavy atom.